The van der Waals surface area contributed by atoms with E-state index in [0.29, 0.717) is 0 Å². The molecule has 0 aliphatic rings. The summed E-state index contributed by atoms with van der Waals surface area (Å²) < 4.78 is 10.8. The zero-order chi connectivity index (χ0) is 15.9. The average molecular weight is 291 g/mol. The van der Waals surface area contributed by atoms with Crippen molar-refractivity contribution in [1.82, 2.24) is 0 Å². The van der Waals surface area contributed by atoms with Crippen molar-refractivity contribution in [3.63, 3.8) is 0 Å². The van der Waals surface area contributed by atoms with Crippen LogP contribution in [-0.2, 0) is 14.3 Å². The first-order valence-corrected chi connectivity index (χ1v) is 7.55. The molecule has 0 aromatic heterocycles. The number of likely N-dealkylation sites (N-methyl/N-ethyl adjacent to an activating group) is 1. The van der Waals surface area contributed by atoms with E-state index >= 15 is 0 Å². The topological polar surface area (TPSA) is 58.6 Å². The van der Waals surface area contributed by atoms with Crippen LogP contribution in [0.25, 0.3) is 0 Å². The lowest BCUT2D eigenvalue weighted by Crippen LogP contribution is -2.47. The molecule has 0 radical (unpaired) electrons. The van der Waals surface area contributed by atoms with E-state index in [4.69, 9.17) is 4.74 Å². The van der Waals surface area contributed by atoms with Gasteiger partial charge in [0.25, 0.3) is 0 Å². The van der Waals surface area contributed by atoms with E-state index in [-0.39, 0.29) is 6.61 Å². The molecule has 0 saturated carbocycles. The summed E-state index contributed by atoms with van der Waals surface area (Å²) in [6.45, 7) is 11.8. The number of methoxy groups -OCH3 is 1. The summed E-state index contributed by atoms with van der Waals surface area (Å²) in [7, 11) is 3.66. The second-order valence-corrected chi connectivity index (χ2v) is 5.15. The standard InChI is InChI=1S/C12H28NO.C3H6O3/c1-5-8-10-13(4,9-6-2)11-12-14-7-3;1-6-2-3(4)5/h5-12H2,1-4H3;2H2,1H3,(H,4,5)/q+1;/p-1. The number of nitrogens with zero attached hydrogens (tertiary/aromatic N) is 1. The van der Waals surface area contributed by atoms with Gasteiger partial charge in [-0.15, -0.1) is 0 Å². The smallest absolute Gasteiger partial charge is 0.102 e. The number of hydrogen-bond donors (Lipinski definition) is 0. The summed E-state index contributed by atoms with van der Waals surface area (Å²) in [6.07, 6.45) is 3.90. The lowest BCUT2D eigenvalue weighted by molar-refractivity contribution is -0.910. The van der Waals surface area contributed by atoms with Crippen molar-refractivity contribution in [2.75, 3.05) is 53.6 Å². The van der Waals surface area contributed by atoms with Crippen molar-refractivity contribution in [2.24, 2.45) is 0 Å². The van der Waals surface area contributed by atoms with E-state index in [9.17, 15) is 9.90 Å². The van der Waals surface area contributed by atoms with E-state index < -0.39 is 5.97 Å². The Morgan fingerprint density at radius 3 is 2.10 bits per heavy atom. The van der Waals surface area contributed by atoms with Crippen molar-refractivity contribution in [3.05, 3.63) is 0 Å². The molecule has 0 saturated heterocycles. The van der Waals surface area contributed by atoms with Crippen molar-refractivity contribution in [3.8, 4) is 0 Å². The molecule has 0 amide bonds. The molecule has 5 nitrogen and oxygen atoms in total. The van der Waals surface area contributed by atoms with E-state index in [1.165, 1.54) is 50.5 Å². The highest BCUT2D eigenvalue weighted by Crippen LogP contribution is 2.07. The van der Waals surface area contributed by atoms with Gasteiger partial charge >= 0.3 is 0 Å². The Morgan fingerprint density at radius 1 is 1.10 bits per heavy atom. The van der Waals surface area contributed by atoms with Crippen LogP contribution in [0.1, 0.15) is 40.0 Å². The maximum absolute atomic E-state index is 9.36. The Kier molecular flexibility index (Phi) is 16.0. The minimum atomic E-state index is -1.18. The molecular weight excluding hydrogens is 258 g/mol. The molecule has 0 aliphatic carbocycles. The van der Waals surface area contributed by atoms with Crippen LogP contribution < -0.4 is 5.11 Å². The third-order valence-corrected chi connectivity index (χ3v) is 3.06. The molecule has 0 heterocycles. The second-order valence-electron chi connectivity index (χ2n) is 5.15. The van der Waals surface area contributed by atoms with Gasteiger partial charge in [-0.2, -0.15) is 0 Å². The summed E-state index contributed by atoms with van der Waals surface area (Å²) in [5, 5.41) is 9.36. The van der Waals surface area contributed by atoms with Crippen LogP contribution in [0.4, 0.5) is 0 Å². The molecule has 122 valence electrons. The van der Waals surface area contributed by atoms with E-state index in [0.717, 1.165) is 13.2 Å². The Morgan fingerprint density at radius 2 is 1.75 bits per heavy atom. The fourth-order valence-corrected chi connectivity index (χ4v) is 1.96. The van der Waals surface area contributed by atoms with Crippen molar-refractivity contribution < 1.29 is 23.9 Å². The zero-order valence-electron chi connectivity index (χ0n) is 13.9. The number of carboxylic acids is 1. The Balaban J connectivity index is 0. The molecule has 0 rings (SSSR count). The molecule has 1 unspecified atom stereocenters. The molecule has 0 N–H and O–H groups in total. The first-order chi connectivity index (χ1) is 9.45. The third-order valence-electron chi connectivity index (χ3n) is 3.06. The molecular formula is C15H33NO4. The maximum atomic E-state index is 9.36. The van der Waals surface area contributed by atoms with Gasteiger partial charge in [-0.3, -0.25) is 0 Å². The second kappa shape index (κ2) is 14.8. The highest BCUT2D eigenvalue weighted by molar-refractivity contribution is 5.65. The molecule has 0 aromatic carbocycles. The van der Waals surface area contributed by atoms with Crippen LogP contribution in [0, 0.1) is 0 Å². The molecule has 0 bridgehead atoms. The number of carboxylic acid groups (broad SMARTS) is 1. The fraction of sp³-hybridized carbons (Fsp3) is 0.933. The number of ether oxygens (including phenoxy) is 2. The van der Waals surface area contributed by atoms with Crippen LogP contribution in [0.2, 0.25) is 0 Å². The SMILES string of the molecule is CCCC[N+](C)(CCC)CCOCC.COCC(=O)[O-]. The average Bonchev–Trinajstić information content (AvgIpc) is 2.38. The molecule has 0 aliphatic heterocycles. The fourth-order valence-electron chi connectivity index (χ4n) is 1.96. The van der Waals surface area contributed by atoms with Gasteiger partial charge in [0.05, 0.1) is 39.3 Å². The van der Waals surface area contributed by atoms with Crippen molar-refractivity contribution in [2.45, 2.75) is 40.0 Å². The number of aliphatic carboxylic acids is 1. The van der Waals surface area contributed by atoms with Crippen LogP contribution in [0.3, 0.4) is 0 Å². The van der Waals surface area contributed by atoms with Crippen molar-refractivity contribution in [1.29, 1.82) is 0 Å². The van der Waals surface area contributed by atoms with Crippen LogP contribution >= 0.6 is 0 Å². The number of unbranched alkanes of at least 4 members (excludes halogenated alkanes) is 1. The number of hydrogen-bond acceptors (Lipinski definition) is 4. The summed E-state index contributed by atoms with van der Waals surface area (Å²) in [6, 6.07) is 0. The van der Waals surface area contributed by atoms with Gasteiger partial charge in [-0.25, -0.2) is 0 Å². The van der Waals surface area contributed by atoms with Crippen molar-refractivity contribution >= 4 is 5.97 Å². The zero-order valence-corrected chi connectivity index (χ0v) is 13.9. The minimum Gasteiger partial charge on any atom is -0.548 e. The molecule has 5 heteroatoms. The Hall–Kier alpha value is -0.650. The highest BCUT2D eigenvalue weighted by atomic mass is 16.5. The van der Waals surface area contributed by atoms with E-state index in [2.05, 4.69) is 32.6 Å². The number of carbonyl (C=O) groups excluding carboxylic acids is 1. The van der Waals surface area contributed by atoms with Crippen LogP contribution in [0.15, 0.2) is 0 Å². The van der Waals surface area contributed by atoms with Crippen LogP contribution in [-0.4, -0.2) is 64.1 Å². The predicted octanol–water partition coefficient (Wildman–Crippen LogP) is 1.06. The van der Waals surface area contributed by atoms with E-state index in [1.807, 2.05) is 0 Å². The monoisotopic (exact) mass is 291 g/mol. The third kappa shape index (κ3) is 15.4. The highest BCUT2D eigenvalue weighted by Gasteiger charge is 2.18. The van der Waals surface area contributed by atoms with Gasteiger partial charge in [-0.05, 0) is 19.8 Å². The lowest BCUT2D eigenvalue weighted by atomic mass is 10.2. The largest absolute Gasteiger partial charge is 0.548 e. The summed E-state index contributed by atoms with van der Waals surface area (Å²) in [5.74, 6) is -1.18. The van der Waals surface area contributed by atoms with Gasteiger partial charge in [0.15, 0.2) is 0 Å². The number of carbonyl (C=O) groups is 1. The van der Waals surface area contributed by atoms with Gasteiger partial charge in [0.1, 0.15) is 6.54 Å². The summed E-state index contributed by atoms with van der Waals surface area (Å²) in [5.41, 5.74) is 0. The molecule has 0 aromatic rings. The first kappa shape index (κ1) is 21.6. The quantitative estimate of drug-likeness (QED) is 0.422. The first-order valence-electron chi connectivity index (χ1n) is 7.55. The van der Waals surface area contributed by atoms with Gasteiger partial charge in [0.2, 0.25) is 0 Å². The Bertz CT molecular complexity index is 224. The maximum Gasteiger partial charge on any atom is 0.102 e. The Labute approximate surface area is 124 Å². The van der Waals surface area contributed by atoms with E-state index in [1.54, 1.807) is 0 Å². The summed E-state index contributed by atoms with van der Waals surface area (Å²) >= 11 is 0. The molecule has 0 spiro atoms. The lowest BCUT2D eigenvalue weighted by Gasteiger charge is -2.34. The molecule has 20 heavy (non-hydrogen) atoms. The normalized spacial score (nSPS) is 13.2. The predicted molar refractivity (Wildman–Crippen MR) is 79.4 cm³/mol. The van der Waals surface area contributed by atoms with Gasteiger partial charge in [-0.1, -0.05) is 20.3 Å². The minimum absolute atomic E-state index is 0.319. The van der Waals surface area contributed by atoms with Crippen LogP contribution in [0.5, 0.6) is 0 Å². The number of rotatable bonds is 11. The number of quaternary nitrogens is 1. The van der Waals surface area contributed by atoms with Gasteiger partial charge in [0, 0.05) is 13.7 Å². The molecule has 0 fully saturated rings. The van der Waals surface area contributed by atoms with Gasteiger partial charge < -0.3 is 23.9 Å². The summed E-state index contributed by atoms with van der Waals surface area (Å²) in [4.78, 5) is 9.36. The molecule has 1 atom stereocenters.